The van der Waals surface area contributed by atoms with Crippen LogP contribution in [-0.2, 0) is 32.3 Å². The second kappa shape index (κ2) is 15.1. The Morgan fingerprint density at radius 1 is 0.844 bits per heavy atom. The molecule has 2 atom stereocenters. The van der Waals surface area contributed by atoms with Gasteiger partial charge in [-0.15, -0.1) is 0 Å². The number of nitrogens with zero attached hydrogens (tertiary/aromatic N) is 2. The Balaban J connectivity index is 1.48. The number of carbonyl (C=O) groups excluding carboxylic acids is 3. The Hall–Kier alpha value is -4.98. The summed E-state index contributed by atoms with van der Waals surface area (Å²) >= 11 is 0. The molecule has 8 heteroatoms. The van der Waals surface area contributed by atoms with Gasteiger partial charge in [0.15, 0.2) is 0 Å². The van der Waals surface area contributed by atoms with Gasteiger partial charge in [0.2, 0.25) is 17.7 Å². The minimum absolute atomic E-state index is 0.103. The quantitative estimate of drug-likeness (QED) is 0.278. The van der Waals surface area contributed by atoms with Gasteiger partial charge in [-0.3, -0.25) is 14.4 Å². The first-order valence-electron chi connectivity index (χ1n) is 15.2. The van der Waals surface area contributed by atoms with Gasteiger partial charge in [-0.1, -0.05) is 106 Å². The smallest absolute Gasteiger partial charge is 0.328 e. The van der Waals surface area contributed by atoms with Crippen molar-refractivity contribution in [3.05, 3.63) is 119 Å². The molecule has 0 aliphatic carbocycles. The van der Waals surface area contributed by atoms with Crippen molar-refractivity contribution >= 4 is 35.8 Å². The molecule has 3 aromatic rings. The maximum absolute atomic E-state index is 14.1. The van der Waals surface area contributed by atoms with Crippen LogP contribution in [0.4, 0.5) is 0 Å². The maximum atomic E-state index is 14.1. The molecule has 234 valence electrons. The third-order valence-electron chi connectivity index (χ3n) is 7.75. The second-order valence-corrected chi connectivity index (χ2v) is 12.3. The molecule has 1 saturated heterocycles. The number of carboxylic acids is 1. The van der Waals surface area contributed by atoms with Crippen LogP contribution in [0, 0.1) is 5.41 Å². The highest BCUT2D eigenvalue weighted by Crippen LogP contribution is 2.27. The average Bonchev–Trinajstić information content (AvgIpc) is 3.52. The number of rotatable bonds is 11. The lowest BCUT2D eigenvalue weighted by atomic mass is 9.85. The van der Waals surface area contributed by atoms with Crippen molar-refractivity contribution in [2.45, 2.75) is 58.8 Å². The van der Waals surface area contributed by atoms with Crippen LogP contribution in [-0.4, -0.2) is 57.2 Å². The summed E-state index contributed by atoms with van der Waals surface area (Å²) in [4.78, 5) is 55.4. The van der Waals surface area contributed by atoms with Crippen LogP contribution in [0.2, 0.25) is 0 Å². The Morgan fingerprint density at radius 2 is 1.36 bits per heavy atom. The lowest BCUT2D eigenvalue weighted by Gasteiger charge is -2.36. The van der Waals surface area contributed by atoms with E-state index in [9.17, 15) is 19.2 Å². The molecule has 1 aliphatic heterocycles. The monoisotopic (exact) mass is 607 g/mol. The van der Waals surface area contributed by atoms with Crippen molar-refractivity contribution in [1.82, 2.24) is 15.1 Å². The van der Waals surface area contributed by atoms with Gasteiger partial charge in [0.1, 0.15) is 12.1 Å². The van der Waals surface area contributed by atoms with Crippen LogP contribution in [0.15, 0.2) is 97.1 Å². The lowest BCUT2D eigenvalue weighted by molar-refractivity contribution is -0.147. The van der Waals surface area contributed by atoms with Crippen LogP contribution in [0.25, 0.3) is 12.2 Å². The van der Waals surface area contributed by atoms with Crippen molar-refractivity contribution in [2.75, 3.05) is 6.54 Å². The highest BCUT2D eigenvalue weighted by molar-refractivity contribution is 5.97. The molecule has 1 fully saturated rings. The van der Waals surface area contributed by atoms with Crippen LogP contribution in [0.1, 0.15) is 55.9 Å². The fraction of sp³-hybridized carbons (Fsp3) is 0.297. The van der Waals surface area contributed by atoms with E-state index in [1.54, 1.807) is 35.2 Å². The predicted octanol–water partition coefficient (Wildman–Crippen LogP) is 5.55. The fourth-order valence-electron chi connectivity index (χ4n) is 5.38. The van der Waals surface area contributed by atoms with E-state index in [1.807, 2.05) is 86.3 Å². The fourth-order valence-corrected chi connectivity index (χ4v) is 5.38. The molecule has 3 aromatic carbocycles. The van der Waals surface area contributed by atoms with Gasteiger partial charge in [0, 0.05) is 31.8 Å². The zero-order valence-corrected chi connectivity index (χ0v) is 26.1. The van der Waals surface area contributed by atoms with Crippen molar-refractivity contribution in [3.63, 3.8) is 0 Å². The Bertz CT molecular complexity index is 1480. The third kappa shape index (κ3) is 9.50. The number of hydrogen-bond acceptors (Lipinski definition) is 4. The molecule has 0 bridgehead atoms. The average molecular weight is 608 g/mol. The highest BCUT2D eigenvalue weighted by atomic mass is 16.4. The van der Waals surface area contributed by atoms with E-state index in [-0.39, 0.29) is 11.8 Å². The van der Waals surface area contributed by atoms with Crippen LogP contribution < -0.4 is 5.32 Å². The summed E-state index contributed by atoms with van der Waals surface area (Å²) in [5.41, 5.74) is 2.88. The maximum Gasteiger partial charge on any atom is 0.328 e. The first-order chi connectivity index (χ1) is 21.5. The molecule has 0 radical (unpaired) electrons. The molecule has 1 unspecified atom stereocenters. The Morgan fingerprint density at radius 3 is 1.84 bits per heavy atom. The number of benzene rings is 3. The number of likely N-dealkylation sites (tertiary alicyclic amines) is 1. The molecule has 0 spiro atoms. The number of hydrogen-bond donors (Lipinski definition) is 2. The van der Waals surface area contributed by atoms with Gasteiger partial charge in [0.05, 0.1) is 0 Å². The normalized spacial score (nSPS) is 15.7. The van der Waals surface area contributed by atoms with Crippen molar-refractivity contribution < 1.29 is 24.3 Å². The molecule has 1 aliphatic rings. The third-order valence-corrected chi connectivity index (χ3v) is 7.75. The SMILES string of the molecule is CC(C)(C)C(NC(=O)/C=C/c1ccc(/C=C/C(=O)O)cc1)C(=O)N1CCC[C@H]1C(=O)N(Cc1ccccc1)Cc1ccccc1. The summed E-state index contributed by atoms with van der Waals surface area (Å²) in [5, 5.41) is 11.7. The van der Waals surface area contributed by atoms with Gasteiger partial charge < -0.3 is 20.2 Å². The Labute approximate surface area is 265 Å². The zero-order valence-electron chi connectivity index (χ0n) is 26.1. The Kier molecular flexibility index (Phi) is 11.1. The minimum atomic E-state index is -1.03. The summed E-state index contributed by atoms with van der Waals surface area (Å²) in [6.45, 7) is 6.98. The predicted molar refractivity (Wildman–Crippen MR) is 175 cm³/mol. The van der Waals surface area contributed by atoms with E-state index in [4.69, 9.17) is 5.11 Å². The molecule has 45 heavy (non-hydrogen) atoms. The number of carboxylic acid groups (broad SMARTS) is 1. The zero-order chi connectivity index (χ0) is 32.4. The molecule has 3 amide bonds. The van der Waals surface area contributed by atoms with Crippen LogP contribution >= 0.6 is 0 Å². The van der Waals surface area contributed by atoms with Gasteiger partial charge in [-0.2, -0.15) is 0 Å². The minimum Gasteiger partial charge on any atom is -0.478 e. The first kappa shape index (κ1) is 32.9. The molecular weight excluding hydrogens is 566 g/mol. The topological polar surface area (TPSA) is 107 Å². The standard InChI is InChI=1S/C37H41N3O5/c1-37(2,3)34(38-32(41)22-20-27-16-18-28(19-17-27)21-23-33(42)43)36(45)40-24-10-15-31(40)35(44)39(25-29-11-6-4-7-12-29)26-30-13-8-5-9-14-30/h4-9,11-14,16-23,31,34H,10,15,24-26H2,1-3H3,(H,38,41)(H,42,43)/b22-20+,23-21+/t31-,34?/m0/s1. The molecule has 1 heterocycles. The molecular formula is C37H41N3O5. The summed E-state index contributed by atoms with van der Waals surface area (Å²) in [6, 6.07) is 25.2. The summed E-state index contributed by atoms with van der Waals surface area (Å²) in [7, 11) is 0. The number of carbonyl (C=O) groups is 4. The van der Waals surface area contributed by atoms with Crippen LogP contribution in [0.3, 0.4) is 0 Å². The lowest BCUT2D eigenvalue weighted by Crippen LogP contribution is -2.57. The van der Waals surface area contributed by atoms with E-state index in [1.165, 1.54) is 12.2 Å². The number of aliphatic carboxylic acids is 1. The van der Waals surface area contributed by atoms with E-state index in [0.717, 1.165) is 28.3 Å². The molecule has 0 saturated carbocycles. The number of nitrogens with one attached hydrogen (secondary N) is 1. The van der Waals surface area contributed by atoms with Crippen LogP contribution in [0.5, 0.6) is 0 Å². The largest absolute Gasteiger partial charge is 0.478 e. The van der Waals surface area contributed by atoms with E-state index < -0.39 is 29.4 Å². The van der Waals surface area contributed by atoms with Gasteiger partial charge in [-0.05, 0) is 52.7 Å². The van der Waals surface area contributed by atoms with Crippen molar-refractivity contribution in [1.29, 1.82) is 0 Å². The summed E-state index contributed by atoms with van der Waals surface area (Å²) in [5.74, 6) is -1.82. The number of amides is 3. The van der Waals surface area contributed by atoms with Crippen molar-refractivity contribution in [2.24, 2.45) is 5.41 Å². The molecule has 4 rings (SSSR count). The van der Waals surface area contributed by atoms with E-state index >= 15 is 0 Å². The molecule has 8 nitrogen and oxygen atoms in total. The molecule has 0 aromatic heterocycles. The van der Waals surface area contributed by atoms with E-state index in [2.05, 4.69) is 5.32 Å². The first-order valence-corrected chi connectivity index (χ1v) is 15.2. The van der Waals surface area contributed by atoms with Gasteiger partial charge >= 0.3 is 5.97 Å². The van der Waals surface area contributed by atoms with Gasteiger partial charge in [0.25, 0.3) is 0 Å². The highest BCUT2D eigenvalue weighted by Gasteiger charge is 2.42. The molecule has 2 N–H and O–H groups in total. The summed E-state index contributed by atoms with van der Waals surface area (Å²) in [6.07, 6.45) is 6.83. The van der Waals surface area contributed by atoms with Gasteiger partial charge in [-0.25, -0.2) is 4.79 Å². The van der Waals surface area contributed by atoms with E-state index in [0.29, 0.717) is 32.5 Å². The summed E-state index contributed by atoms with van der Waals surface area (Å²) < 4.78 is 0. The van der Waals surface area contributed by atoms with Crippen molar-refractivity contribution in [3.8, 4) is 0 Å². The second-order valence-electron chi connectivity index (χ2n) is 12.3.